The number of nitrogens with one attached hydrogen (secondary N) is 1. The second kappa shape index (κ2) is 6.53. The Kier molecular flexibility index (Phi) is 5.27. The second-order valence-corrected chi connectivity index (χ2v) is 7.50. The fourth-order valence-electron chi connectivity index (χ4n) is 1.63. The number of benzene rings is 1. The normalized spacial score (nSPS) is 12.7. The van der Waals surface area contributed by atoms with Gasteiger partial charge in [0.1, 0.15) is 4.34 Å². The van der Waals surface area contributed by atoms with Crippen molar-refractivity contribution in [3.63, 3.8) is 0 Å². The molecule has 1 aromatic carbocycles. The van der Waals surface area contributed by atoms with Gasteiger partial charge in [-0.2, -0.15) is 0 Å². The van der Waals surface area contributed by atoms with Crippen LogP contribution in [0.3, 0.4) is 0 Å². The van der Waals surface area contributed by atoms with Crippen LogP contribution >= 0.6 is 54.8 Å². The van der Waals surface area contributed by atoms with Crippen LogP contribution < -0.4 is 5.32 Å². The van der Waals surface area contributed by atoms with E-state index in [-0.39, 0.29) is 0 Å². The Morgan fingerprint density at radius 2 is 2.11 bits per heavy atom. The summed E-state index contributed by atoms with van der Waals surface area (Å²) in [5.41, 5.74) is 1.27. The molecule has 2 rings (SSSR count). The van der Waals surface area contributed by atoms with Gasteiger partial charge in [-0.15, -0.1) is 11.3 Å². The van der Waals surface area contributed by atoms with E-state index in [4.69, 9.17) is 11.6 Å². The van der Waals surface area contributed by atoms with Crippen molar-refractivity contribution in [2.75, 3.05) is 0 Å². The number of hydrogen-bond acceptors (Lipinski definition) is 2. The highest BCUT2D eigenvalue weighted by Crippen LogP contribution is 2.32. The summed E-state index contributed by atoms with van der Waals surface area (Å²) in [5, 5.41) is 3.49. The molecule has 0 fully saturated rings. The lowest BCUT2D eigenvalue weighted by Crippen LogP contribution is -2.17. The van der Waals surface area contributed by atoms with Gasteiger partial charge in [0, 0.05) is 26.4 Å². The molecule has 18 heavy (non-hydrogen) atoms. The summed E-state index contributed by atoms with van der Waals surface area (Å²) in [6.07, 6.45) is 0. The summed E-state index contributed by atoms with van der Waals surface area (Å²) in [6, 6.07) is 10.7. The molecule has 0 unspecified atom stereocenters. The summed E-state index contributed by atoms with van der Waals surface area (Å²) in [5.74, 6) is 0. The highest BCUT2D eigenvalue weighted by Gasteiger charge is 2.08. The van der Waals surface area contributed by atoms with Crippen LogP contribution in [0, 0.1) is 0 Å². The van der Waals surface area contributed by atoms with Crippen LogP contribution in [0.4, 0.5) is 0 Å². The van der Waals surface area contributed by atoms with E-state index in [0.29, 0.717) is 6.04 Å². The van der Waals surface area contributed by atoms with Gasteiger partial charge in [-0.25, -0.2) is 0 Å². The minimum Gasteiger partial charge on any atom is -0.305 e. The van der Waals surface area contributed by atoms with Gasteiger partial charge in [0.2, 0.25) is 0 Å². The molecule has 0 aliphatic heterocycles. The number of thiophene rings is 1. The molecule has 96 valence electrons. The van der Waals surface area contributed by atoms with E-state index in [1.165, 1.54) is 10.4 Å². The molecule has 1 heterocycles. The Balaban J connectivity index is 1.98. The Labute approximate surface area is 133 Å². The standard InChI is InChI=1S/C13H12Br2ClNS/c1-8(9-3-2-4-10(14)5-9)17-7-11-6-12(15)13(16)18-11/h2-6,8,17H,7H2,1H3/t8-/m0/s1. The van der Waals surface area contributed by atoms with Gasteiger partial charge in [0.25, 0.3) is 0 Å². The monoisotopic (exact) mass is 407 g/mol. The molecule has 0 aliphatic carbocycles. The molecule has 0 bridgehead atoms. The Morgan fingerprint density at radius 3 is 2.72 bits per heavy atom. The third kappa shape index (κ3) is 3.81. The molecule has 1 aromatic heterocycles. The molecule has 0 amide bonds. The molecule has 1 N–H and O–H groups in total. The van der Waals surface area contributed by atoms with Gasteiger partial charge in [-0.05, 0) is 46.6 Å². The SMILES string of the molecule is C[C@H](NCc1cc(Br)c(Cl)s1)c1cccc(Br)c1. The number of halogens is 3. The van der Waals surface area contributed by atoms with Crippen molar-refractivity contribution in [2.24, 2.45) is 0 Å². The number of rotatable bonds is 4. The summed E-state index contributed by atoms with van der Waals surface area (Å²) < 4.78 is 2.89. The van der Waals surface area contributed by atoms with E-state index >= 15 is 0 Å². The maximum Gasteiger partial charge on any atom is 0.107 e. The zero-order valence-electron chi connectivity index (χ0n) is 9.71. The fraction of sp³-hybridized carbons (Fsp3) is 0.231. The first-order valence-electron chi connectivity index (χ1n) is 5.49. The van der Waals surface area contributed by atoms with E-state index in [2.05, 4.69) is 68.4 Å². The van der Waals surface area contributed by atoms with Crippen LogP contribution in [0.1, 0.15) is 23.4 Å². The van der Waals surface area contributed by atoms with Crippen molar-refractivity contribution < 1.29 is 0 Å². The van der Waals surface area contributed by atoms with Crippen LogP contribution in [0.5, 0.6) is 0 Å². The van der Waals surface area contributed by atoms with Crippen molar-refractivity contribution in [1.29, 1.82) is 0 Å². The van der Waals surface area contributed by atoms with Crippen molar-refractivity contribution in [3.05, 3.63) is 54.1 Å². The van der Waals surface area contributed by atoms with Crippen molar-refractivity contribution >= 4 is 54.8 Å². The maximum absolute atomic E-state index is 6.02. The van der Waals surface area contributed by atoms with Crippen LogP contribution in [0.25, 0.3) is 0 Å². The lowest BCUT2D eigenvalue weighted by Gasteiger charge is -2.13. The molecule has 1 atom stereocenters. The van der Waals surface area contributed by atoms with Crippen LogP contribution in [0.2, 0.25) is 4.34 Å². The Bertz CT molecular complexity index is 522. The lowest BCUT2D eigenvalue weighted by atomic mass is 10.1. The first-order valence-corrected chi connectivity index (χ1v) is 8.27. The molecule has 0 saturated heterocycles. The molecular formula is C13H12Br2ClNS. The summed E-state index contributed by atoms with van der Waals surface area (Å²) in [4.78, 5) is 1.23. The number of hydrogen-bond donors (Lipinski definition) is 1. The molecule has 0 aliphatic rings. The van der Waals surface area contributed by atoms with E-state index in [9.17, 15) is 0 Å². The lowest BCUT2D eigenvalue weighted by molar-refractivity contribution is 0.578. The Morgan fingerprint density at radius 1 is 1.33 bits per heavy atom. The van der Waals surface area contributed by atoms with Gasteiger partial charge in [-0.3, -0.25) is 0 Å². The topological polar surface area (TPSA) is 12.0 Å². The van der Waals surface area contributed by atoms with E-state index in [0.717, 1.165) is 19.8 Å². The first-order chi connectivity index (χ1) is 8.56. The molecular weight excluding hydrogens is 397 g/mol. The molecule has 0 spiro atoms. The third-order valence-corrected chi connectivity index (χ3v) is 5.60. The maximum atomic E-state index is 6.02. The smallest absolute Gasteiger partial charge is 0.107 e. The average molecular weight is 410 g/mol. The summed E-state index contributed by atoms with van der Waals surface area (Å²) >= 11 is 14.5. The first kappa shape index (κ1) is 14.5. The van der Waals surface area contributed by atoms with E-state index in [1.807, 2.05) is 6.07 Å². The largest absolute Gasteiger partial charge is 0.305 e. The van der Waals surface area contributed by atoms with Gasteiger partial charge in [-0.1, -0.05) is 39.7 Å². The summed E-state index contributed by atoms with van der Waals surface area (Å²) in [7, 11) is 0. The zero-order valence-corrected chi connectivity index (χ0v) is 14.5. The predicted octanol–water partition coefficient (Wildman–Crippen LogP) is 5.78. The van der Waals surface area contributed by atoms with Crippen molar-refractivity contribution in [1.82, 2.24) is 5.32 Å². The average Bonchev–Trinajstić information content (AvgIpc) is 2.66. The van der Waals surface area contributed by atoms with Crippen molar-refractivity contribution in [3.8, 4) is 0 Å². The van der Waals surface area contributed by atoms with Crippen LogP contribution in [0.15, 0.2) is 39.3 Å². The fourth-order valence-corrected chi connectivity index (χ4v) is 3.78. The van der Waals surface area contributed by atoms with Gasteiger partial charge in [0.05, 0.1) is 0 Å². The molecule has 5 heteroatoms. The summed E-state index contributed by atoms with van der Waals surface area (Å²) in [6.45, 7) is 2.98. The molecule has 0 radical (unpaired) electrons. The van der Waals surface area contributed by atoms with E-state index < -0.39 is 0 Å². The molecule has 1 nitrogen and oxygen atoms in total. The molecule has 0 saturated carbocycles. The quantitative estimate of drug-likeness (QED) is 0.675. The predicted molar refractivity (Wildman–Crippen MR) is 86.4 cm³/mol. The highest BCUT2D eigenvalue weighted by molar-refractivity contribution is 9.10. The zero-order chi connectivity index (χ0) is 13.1. The van der Waals surface area contributed by atoms with Crippen molar-refractivity contribution in [2.45, 2.75) is 19.5 Å². The van der Waals surface area contributed by atoms with Gasteiger partial charge < -0.3 is 5.32 Å². The van der Waals surface area contributed by atoms with Gasteiger partial charge >= 0.3 is 0 Å². The van der Waals surface area contributed by atoms with Crippen LogP contribution in [-0.4, -0.2) is 0 Å². The Hall–Kier alpha value is 0.130. The second-order valence-electron chi connectivity index (χ2n) is 3.99. The third-order valence-electron chi connectivity index (χ3n) is 2.63. The minimum absolute atomic E-state index is 0.308. The minimum atomic E-state index is 0.308. The highest BCUT2D eigenvalue weighted by atomic mass is 79.9. The van der Waals surface area contributed by atoms with Gasteiger partial charge in [0.15, 0.2) is 0 Å². The van der Waals surface area contributed by atoms with Crippen LogP contribution in [-0.2, 0) is 6.54 Å². The molecule has 2 aromatic rings. The van der Waals surface area contributed by atoms with E-state index in [1.54, 1.807) is 11.3 Å².